The maximum atomic E-state index is 13.0. The van der Waals surface area contributed by atoms with Gasteiger partial charge in [-0.05, 0) is 30.7 Å². The van der Waals surface area contributed by atoms with E-state index in [2.05, 4.69) is 15.3 Å². The van der Waals surface area contributed by atoms with Crippen LogP contribution < -0.4 is 20.4 Å². The van der Waals surface area contributed by atoms with Gasteiger partial charge in [-0.15, -0.1) is 0 Å². The maximum Gasteiger partial charge on any atom is 0.416 e. The highest BCUT2D eigenvalue weighted by molar-refractivity contribution is 6.05. The van der Waals surface area contributed by atoms with Gasteiger partial charge in [-0.1, -0.05) is 6.07 Å². The minimum absolute atomic E-state index is 0.161. The predicted molar refractivity (Wildman–Crippen MR) is 105 cm³/mol. The standard InChI is InChI=1S/C19H19F3N6O3/c20-19(21,22)14(29)9-24-17(30)12-4-5-13-16(25-12)28(11-6-8-27(13)10-11)18(31)26-15-3-1-2-7-23-15/h1-5,7,11,14,29H,6,8-10H2,(H,24,30)(H,23,26,31)/t11-,14+/m0/s1. The van der Waals surface area contributed by atoms with Crippen molar-refractivity contribution in [3.05, 3.63) is 42.2 Å². The van der Waals surface area contributed by atoms with Crippen LogP contribution in [0.3, 0.4) is 0 Å². The first-order valence-corrected chi connectivity index (χ1v) is 9.54. The number of nitrogens with one attached hydrogen (secondary N) is 2. The summed E-state index contributed by atoms with van der Waals surface area (Å²) in [5.41, 5.74) is 0.489. The molecule has 0 spiro atoms. The number of hydrogen-bond donors (Lipinski definition) is 3. The number of aliphatic hydroxyl groups excluding tert-OH is 1. The van der Waals surface area contributed by atoms with Gasteiger partial charge in [0.15, 0.2) is 11.9 Å². The number of carbonyl (C=O) groups excluding carboxylic acids is 2. The summed E-state index contributed by atoms with van der Waals surface area (Å²) < 4.78 is 37.4. The number of aromatic nitrogens is 2. The second-order valence-electron chi connectivity index (χ2n) is 7.21. The van der Waals surface area contributed by atoms with Crippen LogP contribution in [0.15, 0.2) is 36.5 Å². The van der Waals surface area contributed by atoms with Crippen molar-refractivity contribution in [1.82, 2.24) is 15.3 Å². The molecule has 31 heavy (non-hydrogen) atoms. The molecule has 12 heteroatoms. The molecule has 164 valence electrons. The Morgan fingerprint density at radius 1 is 1.26 bits per heavy atom. The van der Waals surface area contributed by atoms with E-state index >= 15 is 0 Å². The molecule has 0 aromatic carbocycles. The van der Waals surface area contributed by atoms with Gasteiger partial charge in [0.1, 0.15) is 11.5 Å². The molecule has 2 bridgehead atoms. The largest absolute Gasteiger partial charge is 0.416 e. The molecule has 4 rings (SSSR count). The number of nitrogens with zero attached hydrogens (tertiary/aromatic N) is 4. The monoisotopic (exact) mass is 436 g/mol. The van der Waals surface area contributed by atoms with Gasteiger partial charge in [0.05, 0.1) is 18.3 Å². The first-order valence-electron chi connectivity index (χ1n) is 9.54. The normalized spacial score (nSPS) is 18.4. The van der Waals surface area contributed by atoms with Crippen LogP contribution in [0.4, 0.5) is 35.3 Å². The molecule has 2 aromatic rings. The Balaban J connectivity index is 1.57. The number of anilines is 3. The summed E-state index contributed by atoms with van der Waals surface area (Å²) in [4.78, 5) is 37.1. The average Bonchev–Trinajstić information content (AvgIpc) is 3.15. The Kier molecular flexibility index (Phi) is 5.39. The second kappa shape index (κ2) is 8.02. The van der Waals surface area contributed by atoms with Crippen LogP contribution in [-0.4, -0.2) is 65.0 Å². The average molecular weight is 436 g/mol. The first-order chi connectivity index (χ1) is 14.7. The maximum absolute atomic E-state index is 13.0. The molecule has 0 aliphatic carbocycles. The SMILES string of the molecule is O=C(NC[C@@H](O)C(F)(F)F)c1ccc2c(n1)N(C(=O)Nc1ccccn1)[C@H]1CCN2C1. The summed E-state index contributed by atoms with van der Waals surface area (Å²) >= 11 is 0. The fourth-order valence-corrected chi connectivity index (χ4v) is 3.60. The smallest absolute Gasteiger partial charge is 0.382 e. The number of carbonyl (C=O) groups is 2. The number of aliphatic hydroxyl groups is 1. The van der Waals surface area contributed by atoms with Gasteiger partial charge in [0.25, 0.3) is 5.91 Å². The zero-order valence-electron chi connectivity index (χ0n) is 16.1. The summed E-state index contributed by atoms with van der Waals surface area (Å²) in [5.74, 6) is -0.292. The molecular weight excluding hydrogens is 417 g/mol. The summed E-state index contributed by atoms with van der Waals surface area (Å²) in [5, 5.41) is 13.8. The van der Waals surface area contributed by atoms with Crippen molar-refractivity contribution in [1.29, 1.82) is 0 Å². The lowest BCUT2D eigenvalue weighted by atomic mass is 10.1. The summed E-state index contributed by atoms with van der Waals surface area (Å²) in [7, 11) is 0. The Morgan fingerprint density at radius 3 is 2.77 bits per heavy atom. The molecular formula is C19H19F3N6O3. The van der Waals surface area contributed by atoms with Gasteiger partial charge in [0.2, 0.25) is 0 Å². The first kappa shape index (κ1) is 20.8. The molecule has 1 saturated heterocycles. The highest BCUT2D eigenvalue weighted by Gasteiger charge is 2.41. The molecule has 3 N–H and O–H groups in total. The van der Waals surface area contributed by atoms with Crippen LogP contribution in [0.25, 0.3) is 0 Å². The molecule has 0 unspecified atom stereocenters. The number of hydrogen-bond acceptors (Lipinski definition) is 6. The summed E-state index contributed by atoms with van der Waals surface area (Å²) in [6, 6.07) is 7.41. The minimum Gasteiger partial charge on any atom is -0.382 e. The lowest BCUT2D eigenvalue weighted by Gasteiger charge is -2.35. The molecule has 3 amide bonds. The molecule has 2 aliphatic rings. The summed E-state index contributed by atoms with van der Waals surface area (Å²) in [6.45, 7) is 0.309. The van der Waals surface area contributed by atoms with Crippen molar-refractivity contribution >= 4 is 29.3 Å². The van der Waals surface area contributed by atoms with E-state index < -0.39 is 30.8 Å². The topological polar surface area (TPSA) is 111 Å². The van der Waals surface area contributed by atoms with Crippen molar-refractivity contribution in [3.63, 3.8) is 0 Å². The number of fused-ring (bicyclic) bond motifs is 4. The third-order valence-electron chi connectivity index (χ3n) is 5.14. The van der Waals surface area contributed by atoms with E-state index in [1.807, 2.05) is 10.2 Å². The Labute approximate surface area is 174 Å². The minimum atomic E-state index is -4.84. The Hall–Kier alpha value is -3.41. The van der Waals surface area contributed by atoms with E-state index in [0.717, 1.165) is 0 Å². The van der Waals surface area contributed by atoms with Gasteiger partial charge < -0.3 is 15.3 Å². The second-order valence-corrected chi connectivity index (χ2v) is 7.21. The lowest BCUT2D eigenvalue weighted by Crippen LogP contribution is -2.48. The quantitative estimate of drug-likeness (QED) is 0.674. The van der Waals surface area contributed by atoms with Crippen molar-refractivity contribution in [2.45, 2.75) is 24.7 Å². The van der Waals surface area contributed by atoms with Crippen LogP contribution in [0.5, 0.6) is 0 Å². The van der Waals surface area contributed by atoms with Crippen LogP contribution in [0.2, 0.25) is 0 Å². The predicted octanol–water partition coefficient (Wildman–Crippen LogP) is 1.76. The lowest BCUT2D eigenvalue weighted by molar-refractivity contribution is -0.201. The number of amides is 3. The molecule has 4 heterocycles. The van der Waals surface area contributed by atoms with Gasteiger partial charge >= 0.3 is 12.2 Å². The Bertz CT molecular complexity index is 988. The van der Waals surface area contributed by atoms with E-state index in [1.54, 1.807) is 24.3 Å². The fourth-order valence-electron chi connectivity index (χ4n) is 3.60. The van der Waals surface area contributed by atoms with E-state index in [4.69, 9.17) is 5.11 Å². The van der Waals surface area contributed by atoms with E-state index in [1.165, 1.54) is 17.2 Å². The van der Waals surface area contributed by atoms with E-state index in [9.17, 15) is 22.8 Å². The molecule has 2 aliphatic heterocycles. The number of halogens is 3. The number of alkyl halides is 3. The Morgan fingerprint density at radius 2 is 2.06 bits per heavy atom. The molecule has 2 aromatic heterocycles. The third kappa shape index (κ3) is 4.24. The zero-order valence-corrected chi connectivity index (χ0v) is 16.1. The van der Waals surface area contributed by atoms with Gasteiger partial charge in [0, 0.05) is 19.3 Å². The fraction of sp³-hybridized carbons (Fsp3) is 0.368. The van der Waals surface area contributed by atoms with E-state index in [0.29, 0.717) is 31.0 Å². The zero-order chi connectivity index (χ0) is 22.2. The van der Waals surface area contributed by atoms with Crippen molar-refractivity contribution in [2.75, 3.05) is 34.8 Å². The van der Waals surface area contributed by atoms with Gasteiger partial charge in [-0.25, -0.2) is 14.8 Å². The van der Waals surface area contributed by atoms with Crippen LogP contribution >= 0.6 is 0 Å². The number of rotatable bonds is 4. The summed E-state index contributed by atoms with van der Waals surface area (Å²) in [6.07, 6.45) is -5.29. The molecule has 2 atom stereocenters. The molecule has 1 fully saturated rings. The third-order valence-corrected chi connectivity index (χ3v) is 5.14. The van der Waals surface area contributed by atoms with Gasteiger partial charge in [-0.2, -0.15) is 13.2 Å². The molecule has 9 nitrogen and oxygen atoms in total. The van der Waals surface area contributed by atoms with Crippen LogP contribution in [0, 0.1) is 0 Å². The number of pyridine rings is 2. The highest BCUT2D eigenvalue weighted by Crippen LogP contribution is 2.39. The van der Waals surface area contributed by atoms with Crippen LogP contribution in [0.1, 0.15) is 16.9 Å². The van der Waals surface area contributed by atoms with E-state index in [-0.39, 0.29) is 17.6 Å². The van der Waals surface area contributed by atoms with Crippen LogP contribution in [-0.2, 0) is 0 Å². The molecule has 0 saturated carbocycles. The van der Waals surface area contributed by atoms with Crippen molar-refractivity contribution < 1.29 is 27.9 Å². The van der Waals surface area contributed by atoms with Crippen molar-refractivity contribution in [2.24, 2.45) is 0 Å². The van der Waals surface area contributed by atoms with Crippen molar-refractivity contribution in [3.8, 4) is 0 Å². The molecule has 0 radical (unpaired) electrons. The highest BCUT2D eigenvalue weighted by atomic mass is 19.4. The van der Waals surface area contributed by atoms with Gasteiger partial charge in [-0.3, -0.25) is 15.0 Å². The number of urea groups is 1.